The third-order valence-corrected chi connectivity index (χ3v) is 6.14. The van der Waals surface area contributed by atoms with Crippen LogP contribution in [0.15, 0.2) is 12.2 Å². The molecule has 0 N–H and O–H groups in total. The van der Waals surface area contributed by atoms with E-state index in [4.69, 9.17) is 9.47 Å². The SMILES string of the molecule is C=C(C)C(=O)OCCCCOC(=O)C12CC3CC(CC(C)(C3)C1)C2. The van der Waals surface area contributed by atoms with Crippen molar-refractivity contribution in [3.8, 4) is 0 Å². The monoisotopic (exact) mass is 334 g/mol. The maximum absolute atomic E-state index is 12.7. The lowest BCUT2D eigenvalue weighted by molar-refractivity contribution is -0.179. The van der Waals surface area contributed by atoms with Crippen molar-refractivity contribution in [3.05, 3.63) is 12.2 Å². The molecule has 0 aliphatic heterocycles. The van der Waals surface area contributed by atoms with Crippen LogP contribution in [0.5, 0.6) is 0 Å². The molecule has 24 heavy (non-hydrogen) atoms. The molecular weight excluding hydrogens is 304 g/mol. The predicted molar refractivity (Wildman–Crippen MR) is 91.2 cm³/mol. The minimum atomic E-state index is -0.353. The lowest BCUT2D eigenvalue weighted by Crippen LogP contribution is -2.54. The molecule has 0 spiro atoms. The molecular formula is C20H30O4. The third kappa shape index (κ3) is 3.52. The van der Waals surface area contributed by atoms with Crippen LogP contribution in [0.25, 0.3) is 0 Å². The van der Waals surface area contributed by atoms with Crippen molar-refractivity contribution in [2.24, 2.45) is 22.7 Å². The zero-order valence-corrected chi connectivity index (χ0v) is 15.1. The van der Waals surface area contributed by atoms with Gasteiger partial charge >= 0.3 is 11.9 Å². The fourth-order valence-electron chi connectivity index (χ4n) is 5.77. The third-order valence-electron chi connectivity index (χ3n) is 6.14. The molecule has 134 valence electrons. The normalized spacial score (nSPS) is 36.4. The Morgan fingerprint density at radius 3 is 2.17 bits per heavy atom. The number of hydrogen-bond acceptors (Lipinski definition) is 4. The van der Waals surface area contributed by atoms with Gasteiger partial charge in [-0.2, -0.15) is 0 Å². The van der Waals surface area contributed by atoms with Gasteiger partial charge < -0.3 is 9.47 Å². The lowest BCUT2D eigenvalue weighted by Gasteiger charge is -2.59. The number of carbonyl (C=O) groups excluding carboxylic acids is 2. The number of hydrogen-bond donors (Lipinski definition) is 0. The zero-order valence-electron chi connectivity index (χ0n) is 15.1. The predicted octanol–water partition coefficient (Wildman–Crippen LogP) is 4.04. The number of carbonyl (C=O) groups is 2. The molecule has 4 nitrogen and oxygen atoms in total. The first-order chi connectivity index (χ1) is 11.3. The summed E-state index contributed by atoms with van der Waals surface area (Å²) in [6.07, 6.45) is 8.44. The van der Waals surface area contributed by atoms with Gasteiger partial charge in [0.1, 0.15) is 0 Å². The van der Waals surface area contributed by atoms with Crippen molar-refractivity contribution in [3.63, 3.8) is 0 Å². The topological polar surface area (TPSA) is 52.6 Å². The quantitative estimate of drug-likeness (QED) is 0.401. The van der Waals surface area contributed by atoms with E-state index in [1.54, 1.807) is 6.92 Å². The molecule has 0 aromatic rings. The van der Waals surface area contributed by atoms with E-state index in [9.17, 15) is 9.59 Å². The highest BCUT2D eigenvalue weighted by Crippen LogP contribution is 2.65. The van der Waals surface area contributed by atoms with Crippen LogP contribution in [0.2, 0.25) is 0 Å². The highest BCUT2D eigenvalue weighted by Gasteiger charge is 2.59. The number of ether oxygens (including phenoxy) is 2. The Morgan fingerprint density at radius 1 is 1.04 bits per heavy atom. The average molecular weight is 334 g/mol. The molecule has 2 atom stereocenters. The smallest absolute Gasteiger partial charge is 0.333 e. The number of unbranched alkanes of at least 4 members (excludes halogenated alkanes) is 1. The molecule has 0 amide bonds. The second-order valence-corrected chi connectivity index (χ2v) is 8.81. The fraction of sp³-hybridized carbons (Fsp3) is 0.800. The van der Waals surface area contributed by atoms with Crippen LogP contribution in [0.3, 0.4) is 0 Å². The Labute approximate surface area is 145 Å². The van der Waals surface area contributed by atoms with Gasteiger partial charge in [-0.1, -0.05) is 13.5 Å². The second-order valence-electron chi connectivity index (χ2n) is 8.81. The summed E-state index contributed by atoms with van der Waals surface area (Å²) >= 11 is 0. The Bertz CT molecular complexity index is 522. The molecule has 4 fully saturated rings. The molecule has 4 heteroatoms. The van der Waals surface area contributed by atoms with Crippen molar-refractivity contribution in [1.82, 2.24) is 0 Å². The van der Waals surface area contributed by atoms with Crippen molar-refractivity contribution in [2.75, 3.05) is 13.2 Å². The van der Waals surface area contributed by atoms with E-state index in [0.717, 1.165) is 37.5 Å². The summed E-state index contributed by atoms with van der Waals surface area (Å²) in [5.74, 6) is 1.13. The maximum atomic E-state index is 12.7. The summed E-state index contributed by atoms with van der Waals surface area (Å²) in [4.78, 5) is 24.0. The van der Waals surface area contributed by atoms with Crippen LogP contribution in [0.4, 0.5) is 0 Å². The Hall–Kier alpha value is -1.32. The van der Waals surface area contributed by atoms with E-state index in [2.05, 4.69) is 13.5 Å². The van der Waals surface area contributed by atoms with Crippen molar-refractivity contribution in [2.45, 2.75) is 65.2 Å². The maximum Gasteiger partial charge on any atom is 0.333 e. The Morgan fingerprint density at radius 2 is 1.62 bits per heavy atom. The van der Waals surface area contributed by atoms with Crippen LogP contribution >= 0.6 is 0 Å². The first-order valence-electron chi connectivity index (χ1n) is 9.32. The second kappa shape index (κ2) is 6.53. The van der Waals surface area contributed by atoms with Crippen LogP contribution in [-0.2, 0) is 19.1 Å². The van der Waals surface area contributed by atoms with Crippen molar-refractivity contribution >= 4 is 11.9 Å². The van der Waals surface area contributed by atoms with Gasteiger partial charge in [-0.05, 0) is 75.5 Å². The van der Waals surface area contributed by atoms with Gasteiger partial charge in [0.05, 0.1) is 18.6 Å². The molecule has 4 aliphatic rings. The highest BCUT2D eigenvalue weighted by atomic mass is 16.5. The molecule has 2 unspecified atom stereocenters. The summed E-state index contributed by atoms with van der Waals surface area (Å²) in [7, 11) is 0. The minimum Gasteiger partial charge on any atom is -0.465 e. The molecule has 0 heterocycles. The van der Waals surface area contributed by atoms with Gasteiger partial charge in [0, 0.05) is 5.57 Å². The standard InChI is InChI=1S/C20H30O4/c1-14(2)17(21)23-6-4-5-7-24-18(22)20-11-15-8-16(12-20)10-19(3,9-15)13-20/h15-16H,1,4-13H2,2-3H3. The van der Waals surface area contributed by atoms with Crippen molar-refractivity contribution in [1.29, 1.82) is 0 Å². The molecule has 0 aromatic carbocycles. The summed E-state index contributed by atoms with van der Waals surface area (Å²) in [5.41, 5.74) is 0.571. The summed E-state index contributed by atoms with van der Waals surface area (Å²) in [6, 6.07) is 0. The summed E-state index contributed by atoms with van der Waals surface area (Å²) < 4.78 is 10.7. The Balaban J connectivity index is 1.41. The Kier molecular flexibility index (Phi) is 4.76. The van der Waals surface area contributed by atoms with Crippen LogP contribution in [-0.4, -0.2) is 25.2 Å². The van der Waals surface area contributed by atoms with Gasteiger partial charge in [-0.25, -0.2) is 4.79 Å². The van der Waals surface area contributed by atoms with Gasteiger partial charge in [0.15, 0.2) is 0 Å². The first kappa shape index (κ1) is 17.5. The lowest BCUT2D eigenvalue weighted by atomic mass is 9.44. The van der Waals surface area contributed by atoms with Crippen LogP contribution in [0.1, 0.15) is 65.2 Å². The van der Waals surface area contributed by atoms with Gasteiger partial charge in [-0.15, -0.1) is 0 Å². The average Bonchev–Trinajstić information content (AvgIpc) is 2.47. The molecule has 0 saturated heterocycles. The van der Waals surface area contributed by atoms with E-state index in [1.165, 1.54) is 19.3 Å². The largest absolute Gasteiger partial charge is 0.465 e. The number of rotatable bonds is 7. The summed E-state index contributed by atoms with van der Waals surface area (Å²) in [5, 5.41) is 0. The van der Waals surface area contributed by atoms with E-state index in [-0.39, 0.29) is 17.4 Å². The molecule has 4 aliphatic carbocycles. The van der Waals surface area contributed by atoms with Crippen LogP contribution < -0.4 is 0 Å². The van der Waals surface area contributed by atoms with E-state index in [1.807, 2.05) is 0 Å². The van der Waals surface area contributed by atoms with E-state index < -0.39 is 0 Å². The minimum absolute atomic E-state index is 0.0294. The summed E-state index contributed by atoms with van der Waals surface area (Å²) in [6.45, 7) is 8.33. The molecule has 0 aromatic heterocycles. The van der Waals surface area contributed by atoms with E-state index in [0.29, 0.717) is 30.6 Å². The molecule has 4 rings (SSSR count). The van der Waals surface area contributed by atoms with Crippen LogP contribution in [0, 0.1) is 22.7 Å². The first-order valence-corrected chi connectivity index (χ1v) is 9.32. The van der Waals surface area contributed by atoms with Gasteiger partial charge in [0.25, 0.3) is 0 Å². The zero-order chi connectivity index (χ0) is 17.4. The fourth-order valence-corrected chi connectivity index (χ4v) is 5.77. The highest BCUT2D eigenvalue weighted by molar-refractivity contribution is 5.86. The number of esters is 2. The van der Waals surface area contributed by atoms with Gasteiger partial charge in [-0.3, -0.25) is 4.79 Å². The molecule has 4 saturated carbocycles. The molecule has 0 radical (unpaired) electrons. The van der Waals surface area contributed by atoms with Crippen molar-refractivity contribution < 1.29 is 19.1 Å². The van der Waals surface area contributed by atoms with Gasteiger partial charge in [0.2, 0.25) is 0 Å². The molecule has 4 bridgehead atoms. The van der Waals surface area contributed by atoms with E-state index >= 15 is 0 Å².